The van der Waals surface area contributed by atoms with E-state index in [2.05, 4.69) is 15.8 Å². The van der Waals surface area contributed by atoms with Crippen molar-refractivity contribution >= 4 is 35.5 Å². The van der Waals surface area contributed by atoms with E-state index >= 15 is 0 Å². The summed E-state index contributed by atoms with van der Waals surface area (Å²) in [5, 5.41) is 7.24. The lowest BCUT2D eigenvalue weighted by atomic mass is 10.0. The van der Waals surface area contributed by atoms with Crippen LogP contribution in [0.2, 0.25) is 5.02 Å². The van der Waals surface area contributed by atoms with Crippen molar-refractivity contribution < 1.29 is 23.9 Å². The Bertz CT molecular complexity index is 1100. The first-order valence-corrected chi connectivity index (χ1v) is 12.1. The molecule has 1 unspecified atom stereocenters. The summed E-state index contributed by atoms with van der Waals surface area (Å²) in [5.41, 5.74) is 4.46. The molecule has 1 fully saturated rings. The van der Waals surface area contributed by atoms with Gasteiger partial charge in [0, 0.05) is 29.2 Å². The second-order valence-corrected chi connectivity index (χ2v) is 9.20. The van der Waals surface area contributed by atoms with Gasteiger partial charge in [-0.05, 0) is 43.2 Å². The van der Waals surface area contributed by atoms with Crippen molar-refractivity contribution in [1.82, 2.24) is 15.6 Å². The van der Waals surface area contributed by atoms with Crippen LogP contribution in [-0.2, 0) is 14.3 Å². The van der Waals surface area contributed by atoms with Crippen molar-refractivity contribution in [2.75, 3.05) is 32.9 Å². The highest BCUT2D eigenvalue weighted by Crippen LogP contribution is 2.21. The highest BCUT2D eigenvalue weighted by molar-refractivity contribution is 6.30. The minimum absolute atomic E-state index is 0.144. The zero-order valence-electron chi connectivity index (χ0n) is 20.6. The summed E-state index contributed by atoms with van der Waals surface area (Å²) >= 11 is 6.12. The molecule has 10 heteroatoms. The average molecular weight is 515 g/mol. The first kappa shape index (κ1) is 27.2. The monoisotopic (exact) mass is 514 g/mol. The van der Waals surface area contributed by atoms with Crippen LogP contribution in [0.3, 0.4) is 0 Å². The fraction of sp³-hybridized carbons (Fsp3) is 0.385. The standard InChI is InChI=1S/C26H31ClN4O5/c1-17(2)24(29-25(33)19-6-4-18(3)5-7-19)26(34)30-28-15-20-14-21(27)8-9-22(20)36-16-23(32)31-10-12-35-13-11-31/h4-9,14-15,17,24H,10-13,16H2,1-3H3,(H,29,33)(H,30,34). The lowest BCUT2D eigenvalue weighted by Gasteiger charge is -2.26. The van der Waals surface area contributed by atoms with Gasteiger partial charge in [-0.15, -0.1) is 0 Å². The van der Waals surface area contributed by atoms with Gasteiger partial charge in [-0.2, -0.15) is 5.10 Å². The molecule has 1 atom stereocenters. The van der Waals surface area contributed by atoms with Crippen molar-refractivity contribution in [2.45, 2.75) is 26.8 Å². The number of hydrogen-bond donors (Lipinski definition) is 2. The molecule has 2 N–H and O–H groups in total. The van der Waals surface area contributed by atoms with Gasteiger partial charge in [-0.3, -0.25) is 14.4 Å². The van der Waals surface area contributed by atoms with E-state index in [1.807, 2.05) is 32.9 Å². The van der Waals surface area contributed by atoms with Crippen molar-refractivity contribution in [3.63, 3.8) is 0 Å². The quantitative estimate of drug-likeness (QED) is 0.395. The van der Waals surface area contributed by atoms with Crippen LogP contribution in [0.15, 0.2) is 47.6 Å². The number of carbonyl (C=O) groups is 3. The molecule has 0 spiro atoms. The Kier molecular flexibility index (Phi) is 9.84. The number of halogens is 1. The van der Waals surface area contributed by atoms with Crippen LogP contribution in [-0.4, -0.2) is 67.8 Å². The van der Waals surface area contributed by atoms with E-state index in [1.54, 1.807) is 35.2 Å². The zero-order chi connectivity index (χ0) is 26.1. The first-order chi connectivity index (χ1) is 17.2. The molecule has 2 aromatic rings. The number of morpholine rings is 1. The van der Waals surface area contributed by atoms with E-state index in [9.17, 15) is 14.4 Å². The number of rotatable bonds is 9. The zero-order valence-corrected chi connectivity index (χ0v) is 21.4. The smallest absolute Gasteiger partial charge is 0.262 e. The topological polar surface area (TPSA) is 109 Å². The number of carbonyl (C=O) groups excluding carboxylic acids is 3. The van der Waals surface area contributed by atoms with Gasteiger partial charge in [0.15, 0.2) is 6.61 Å². The maximum atomic E-state index is 12.8. The van der Waals surface area contributed by atoms with Crippen molar-refractivity contribution in [2.24, 2.45) is 11.0 Å². The summed E-state index contributed by atoms with van der Waals surface area (Å²) in [5.74, 6) is -0.733. The fourth-order valence-corrected chi connectivity index (χ4v) is 3.68. The molecule has 0 saturated carbocycles. The van der Waals surface area contributed by atoms with Crippen LogP contribution in [0.4, 0.5) is 0 Å². The van der Waals surface area contributed by atoms with Gasteiger partial charge < -0.3 is 19.7 Å². The molecule has 3 rings (SSSR count). The summed E-state index contributed by atoms with van der Waals surface area (Å²) in [7, 11) is 0. The molecular weight excluding hydrogens is 484 g/mol. The average Bonchev–Trinajstić information content (AvgIpc) is 2.87. The number of ether oxygens (including phenoxy) is 2. The number of nitrogens with one attached hydrogen (secondary N) is 2. The van der Waals surface area contributed by atoms with E-state index in [-0.39, 0.29) is 24.3 Å². The molecule has 36 heavy (non-hydrogen) atoms. The summed E-state index contributed by atoms with van der Waals surface area (Å²) in [4.78, 5) is 39.5. The predicted molar refractivity (Wildman–Crippen MR) is 137 cm³/mol. The third-order valence-corrected chi connectivity index (χ3v) is 5.85. The molecule has 0 aliphatic carbocycles. The highest BCUT2D eigenvalue weighted by Gasteiger charge is 2.24. The molecule has 0 bridgehead atoms. The second kappa shape index (κ2) is 13.0. The number of aryl methyl sites for hydroxylation is 1. The van der Waals surface area contributed by atoms with Crippen LogP contribution in [0.5, 0.6) is 5.75 Å². The maximum Gasteiger partial charge on any atom is 0.262 e. The second-order valence-electron chi connectivity index (χ2n) is 8.76. The molecule has 2 aromatic carbocycles. The Balaban J connectivity index is 1.61. The van der Waals surface area contributed by atoms with Crippen LogP contribution in [0.25, 0.3) is 0 Å². The third kappa shape index (κ3) is 7.79. The molecule has 192 valence electrons. The van der Waals surface area contributed by atoms with Gasteiger partial charge in [0.05, 0.1) is 19.4 Å². The highest BCUT2D eigenvalue weighted by atomic mass is 35.5. The van der Waals surface area contributed by atoms with Crippen molar-refractivity contribution in [3.05, 3.63) is 64.2 Å². The Labute approximate surface area is 215 Å². The minimum Gasteiger partial charge on any atom is -0.483 e. The molecule has 0 aromatic heterocycles. The van der Waals surface area contributed by atoms with Gasteiger partial charge in [-0.1, -0.05) is 43.1 Å². The van der Waals surface area contributed by atoms with Crippen molar-refractivity contribution in [1.29, 1.82) is 0 Å². The maximum absolute atomic E-state index is 12.8. The lowest BCUT2D eigenvalue weighted by molar-refractivity contribution is -0.137. The Morgan fingerprint density at radius 1 is 1.14 bits per heavy atom. The lowest BCUT2D eigenvalue weighted by Crippen LogP contribution is -2.48. The minimum atomic E-state index is -0.794. The van der Waals surface area contributed by atoms with Gasteiger partial charge >= 0.3 is 0 Å². The summed E-state index contributed by atoms with van der Waals surface area (Å²) in [6.07, 6.45) is 1.39. The van der Waals surface area contributed by atoms with Crippen molar-refractivity contribution in [3.8, 4) is 5.75 Å². The number of amides is 3. The molecule has 1 aliphatic heterocycles. The van der Waals surface area contributed by atoms with E-state index in [4.69, 9.17) is 21.1 Å². The molecule has 9 nitrogen and oxygen atoms in total. The molecule has 1 heterocycles. The first-order valence-electron chi connectivity index (χ1n) is 11.7. The van der Waals surface area contributed by atoms with E-state index in [0.29, 0.717) is 48.2 Å². The molecular formula is C26H31ClN4O5. The molecule has 0 radical (unpaired) electrons. The van der Waals surface area contributed by atoms with Gasteiger partial charge in [0.2, 0.25) is 0 Å². The Morgan fingerprint density at radius 3 is 2.50 bits per heavy atom. The Hall–Kier alpha value is -3.43. The van der Waals surface area contributed by atoms with Crippen LogP contribution < -0.4 is 15.5 Å². The molecule has 3 amide bonds. The fourth-order valence-electron chi connectivity index (χ4n) is 3.49. The molecule has 1 aliphatic rings. The summed E-state index contributed by atoms with van der Waals surface area (Å²) < 4.78 is 11.0. The van der Waals surface area contributed by atoms with Gasteiger partial charge in [-0.25, -0.2) is 5.43 Å². The number of benzene rings is 2. The van der Waals surface area contributed by atoms with Gasteiger partial charge in [0.25, 0.3) is 17.7 Å². The van der Waals surface area contributed by atoms with Crippen LogP contribution in [0.1, 0.15) is 35.3 Å². The molecule has 1 saturated heterocycles. The SMILES string of the molecule is Cc1ccc(C(=O)NC(C(=O)NN=Cc2cc(Cl)ccc2OCC(=O)N2CCOCC2)C(C)C)cc1. The Morgan fingerprint density at radius 2 is 1.83 bits per heavy atom. The summed E-state index contributed by atoms with van der Waals surface area (Å²) in [6, 6.07) is 11.2. The van der Waals surface area contributed by atoms with E-state index in [1.165, 1.54) is 6.21 Å². The normalized spacial score (nSPS) is 14.5. The number of hydrazone groups is 1. The van der Waals surface area contributed by atoms with Crippen LogP contribution >= 0.6 is 11.6 Å². The number of nitrogens with zero attached hydrogens (tertiary/aromatic N) is 2. The van der Waals surface area contributed by atoms with Gasteiger partial charge in [0.1, 0.15) is 11.8 Å². The largest absolute Gasteiger partial charge is 0.483 e. The number of hydrogen-bond acceptors (Lipinski definition) is 6. The predicted octanol–water partition coefficient (Wildman–Crippen LogP) is 2.79. The summed E-state index contributed by atoms with van der Waals surface area (Å²) in [6.45, 7) is 7.52. The van der Waals surface area contributed by atoms with E-state index in [0.717, 1.165) is 5.56 Å². The van der Waals surface area contributed by atoms with Crippen LogP contribution in [0, 0.1) is 12.8 Å². The third-order valence-electron chi connectivity index (χ3n) is 5.61. The van der Waals surface area contributed by atoms with E-state index < -0.39 is 11.9 Å².